The smallest absolute Gasteiger partial charge is 0.336 e. The molecule has 1 heterocycles. The summed E-state index contributed by atoms with van der Waals surface area (Å²) in [6.45, 7) is 2.20. The third-order valence-corrected chi connectivity index (χ3v) is 7.95. The SMILES string of the molecule is COC(=O)C1=C(C)NC2=C(C(=O)c3ccccc32)[C@@H]1c1cc(Br)c(OCc2ccc(Cl)cc2)c(I)c1. The zero-order valence-electron chi connectivity index (χ0n) is 19.3. The lowest BCUT2D eigenvalue weighted by Gasteiger charge is -2.29. The second-order valence-electron chi connectivity index (χ2n) is 8.48. The number of methoxy groups -OCH3 is 1. The van der Waals surface area contributed by atoms with Gasteiger partial charge < -0.3 is 14.8 Å². The minimum Gasteiger partial charge on any atom is -0.487 e. The number of nitrogens with one attached hydrogen (secondary N) is 1. The highest BCUT2D eigenvalue weighted by Gasteiger charge is 2.43. The number of halogens is 3. The number of hydrogen-bond donors (Lipinski definition) is 1. The van der Waals surface area contributed by atoms with E-state index in [0.717, 1.165) is 30.4 Å². The minimum atomic E-state index is -0.594. The zero-order valence-corrected chi connectivity index (χ0v) is 23.8. The predicted octanol–water partition coefficient (Wildman–Crippen LogP) is 7.03. The minimum absolute atomic E-state index is 0.0961. The maximum Gasteiger partial charge on any atom is 0.336 e. The summed E-state index contributed by atoms with van der Waals surface area (Å²) in [6, 6.07) is 18.8. The number of dihydropyridines is 1. The van der Waals surface area contributed by atoms with E-state index in [-0.39, 0.29) is 5.78 Å². The molecule has 0 aromatic heterocycles. The summed E-state index contributed by atoms with van der Waals surface area (Å²) >= 11 is 11.9. The van der Waals surface area contributed by atoms with Gasteiger partial charge in [-0.2, -0.15) is 0 Å². The summed E-state index contributed by atoms with van der Waals surface area (Å²) in [4.78, 5) is 26.5. The van der Waals surface area contributed by atoms with Crippen LogP contribution in [0.5, 0.6) is 5.75 Å². The van der Waals surface area contributed by atoms with E-state index < -0.39 is 11.9 Å². The van der Waals surface area contributed by atoms with Crippen LogP contribution >= 0.6 is 50.1 Å². The van der Waals surface area contributed by atoms with E-state index in [2.05, 4.69) is 43.8 Å². The van der Waals surface area contributed by atoms with E-state index in [9.17, 15) is 9.59 Å². The number of Topliss-reactive ketones (excluding diaryl/α,β-unsaturated/α-hetero) is 1. The quantitative estimate of drug-likeness (QED) is 0.233. The monoisotopic (exact) mass is 675 g/mol. The maximum atomic E-state index is 13.6. The molecule has 0 amide bonds. The van der Waals surface area contributed by atoms with Crippen LogP contribution in [0.1, 0.15) is 39.9 Å². The largest absolute Gasteiger partial charge is 0.487 e. The Morgan fingerprint density at radius 3 is 2.47 bits per heavy atom. The molecule has 1 aliphatic heterocycles. The Morgan fingerprint density at radius 1 is 1.11 bits per heavy atom. The van der Waals surface area contributed by atoms with Crippen molar-refractivity contribution < 1.29 is 19.1 Å². The molecule has 8 heteroatoms. The van der Waals surface area contributed by atoms with E-state index in [1.807, 2.05) is 67.6 Å². The van der Waals surface area contributed by atoms with Gasteiger partial charge in [0.1, 0.15) is 12.4 Å². The number of hydrogen-bond acceptors (Lipinski definition) is 5. The van der Waals surface area contributed by atoms with Gasteiger partial charge >= 0.3 is 5.97 Å². The van der Waals surface area contributed by atoms with Gasteiger partial charge in [0, 0.05) is 33.3 Å². The number of carbonyl (C=O) groups excluding carboxylic acids is 2. The van der Waals surface area contributed by atoms with Crippen molar-refractivity contribution in [3.05, 3.63) is 113 Å². The van der Waals surface area contributed by atoms with Crippen LogP contribution in [0.4, 0.5) is 0 Å². The average molecular weight is 677 g/mol. The number of benzene rings is 3. The fourth-order valence-electron chi connectivity index (χ4n) is 4.66. The normalized spacial score (nSPS) is 16.5. The molecule has 5 rings (SSSR count). The third-order valence-electron chi connectivity index (χ3n) is 6.30. The van der Waals surface area contributed by atoms with Gasteiger partial charge in [0.05, 0.1) is 26.4 Å². The van der Waals surface area contributed by atoms with Crippen molar-refractivity contribution in [2.24, 2.45) is 0 Å². The van der Waals surface area contributed by atoms with Crippen LogP contribution in [-0.2, 0) is 16.1 Å². The zero-order chi connectivity index (χ0) is 25.6. The Morgan fingerprint density at radius 2 is 1.81 bits per heavy atom. The second-order valence-corrected chi connectivity index (χ2v) is 10.9. The lowest BCUT2D eigenvalue weighted by Crippen LogP contribution is -2.29. The Labute approximate surface area is 235 Å². The van der Waals surface area contributed by atoms with Crippen molar-refractivity contribution in [2.75, 3.05) is 7.11 Å². The van der Waals surface area contributed by atoms with Crippen molar-refractivity contribution >= 4 is 67.6 Å². The second kappa shape index (κ2) is 10.0. The number of allylic oxidation sites excluding steroid dienone is 2. The number of ketones is 1. The first-order chi connectivity index (χ1) is 17.3. The molecule has 0 spiro atoms. The van der Waals surface area contributed by atoms with Gasteiger partial charge in [-0.3, -0.25) is 4.79 Å². The molecule has 0 radical (unpaired) electrons. The van der Waals surface area contributed by atoms with Gasteiger partial charge in [0.2, 0.25) is 0 Å². The lowest BCUT2D eigenvalue weighted by atomic mass is 9.80. The number of ether oxygens (including phenoxy) is 2. The van der Waals surface area contributed by atoms with E-state index >= 15 is 0 Å². The van der Waals surface area contributed by atoms with E-state index in [4.69, 9.17) is 21.1 Å². The summed E-state index contributed by atoms with van der Waals surface area (Å²) in [5.74, 6) is -0.488. The van der Waals surface area contributed by atoms with Gasteiger partial charge in [-0.15, -0.1) is 0 Å². The van der Waals surface area contributed by atoms with Gasteiger partial charge in [-0.1, -0.05) is 48.0 Å². The summed E-state index contributed by atoms with van der Waals surface area (Å²) in [5.41, 5.74) is 5.58. The van der Waals surface area contributed by atoms with Gasteiger partial charge in [0.15, 0.2) is 5.78 Å². The van der Waals surface area contributed by atoms with Crippen LogP contribution in [0.15, 0.2) is 82.0 Å². The van der Waals surface area contributed by atoms with Crippen LogP contribution in [0.3, 0.4) is 0 Å². The summed E-state index contributed by atoms with van der Waals surface area (Å²) in [6.07, 6.45) is 0. The van der Waals surface area contributed by atoms with E-state index in [1.54, 1.807) is 0 Å². The van der Waals surface area contributed by atoms with Crippen LogP contribution in [0, 0.1) is 3.57 Å². The first kappa shape index (κ1) is 25.0. The molecule has 1 N–H and O–H groups in total. The molecule has 3 aromatic carbocycles. The molecule has 0 saturated carbocycles. The average Bonchev–Trinajstić information content (AvgIpc) is 3.14. The highest BCUT2D eigenvalue weighted by Crippen LogP contribution is 2.48. The summed E-state index contributed by atoms with van der Waals surface area (Å²) in [7, 11) is 1.35. The molecule has 1 aliphatic carbocycles. The molecular weight excluding hydrogens is 657 g/mol. The lowest BCUT2D eigenvalue weighted by molar-refractivity contribution is -0.136. The number of esters is 1. The van der Waals surface area contributed by atoms with Crippen LogP contribution in [0.25, 0.3) is 5.70 Å². The van der Waals surface area contributed by atoms with Crippen molar-refractivity contribution in [1.82, 2.24) is 5.32 Å². The molecule has 0 bridgehead atoms. The maximum absolute atomic E-state index is 13.6. The Hall–Kier alpha value is -2.62. The fraction of sp³-hybridized carbons (Fsp3) is 0.143. The molecule has 5 nitrogen and oxygen atoms in total. The predicted molar refractivity (Wildman–Crippen MR) is 151 cm³/mol. The first-order valence-corrected chi connectivity index (χ1v) is 13.4. The van der Waals surface area contributed by atoms with Crippen LogP contribution in [0.2, 0.25) is 5.02 Å². The molecule has 0 unspecified atom stereocenters. The van der Waals surface area contributed by atoms with Crippen molar-refractivity contribution in [2.45, 2.75) is 19.4 Å². The molecule has 36 heavy (non-hydrogen) atoms. The van der Waals surface area contributed by atoms with Crippen molar-refractivity contribution in [3.8, 4) is 5.75 Å². The van der Waals surface area contributed by atoms with E-state index in [0.29, 0.717) is 39.8 Å². The molecule has 0 saturated heterocycles. The van der Waals surface area contributed by atoms with Crippen LogP contribution in [-0.4, -0.2) is 18.9 Å². The molecule has 2 aliphatic rings. The molecule has 182 valence electrons. The third kappa shape index (κ3) is 4.37. The molecule has 1 atom stereocenters. The fourth-order valence-corrected chi connectivity index (χ4v) is 6.56. The first-order valence-electron chi connectivity index (χ1n) is 11.1. The Balaban J connectivity index is 1.57. The van der Waals surface area contributed by atoms with Gasteiger partial charge in [-0.05, 0) is 80.8 Å². The topological polar surface area (TPSA) is 64.6 Å². The molecular formula is C28H20BrClINO4. The Kier molecular flexibility index (Phi) is 6.98. The van der Waals surface area contributed by atoms with Crippen molar-refractivity contribution in [3.63, 3.8) is 0 Å². The highest BCUT2D eigenvalue weighted by atomic mass is 127. The van der Waals surface area contributed by atoms with Crippen molar-refractivity contribution in [1.29, 1.82) is 0 Å². The Bertz CT molecular complexity index is 1460. The van der Waals surface area contributed by atoms with Crippen LogP contribution < -0.4 is 10.1 Å². The highest BCUT2D eigenvalue weighted by molar-refractivity contribution is 14.1. The van der Waals surface area contributed by atoms with Gasteiger partial charge in [0.25, 0.3) is 0 Å². The molecule has 0 fully saturated rings. The number of carbonyl (C=O) groups is 2. The summed E-state index contributed by atoms with van der Waals surface area (Å²) in [5, 5.41) is 3.97. The molecule has 3 aromatic rings. The standard InChI is InChI=1S/C28H20BrClINO4/c1-14-22(28(34)35-2)23(24-25(32-14)18-5-3-4-6-19(18)26(24)33)16-11-20(29)27(21(31)12-16)36-13-15-7-9-17(30)10-8-15/h3-12,23,32H,13H2,1-2H3/t23-/m1/s1. The number of rotatable bonds is 5. The summed E-state index contributed by atoms with van der Waals surface area (Å²) < 4.78 is 12.8. The number of fused-ring (bicyclic) bond motifs is 2. The van der Waals surface area contributed by atoms with E-state index in [1.165, 1.54) is 7.11 Å². The van der Waals surface area contributed by atoms with Gasteiger partial charge in [-0.25, -0.2) is 4.79 Å².